The average molecular weight is 473 g/mol. The van der Waals surface area contributed by atoms with Crippen LogP contribution in [0.15, 0.2) is 30.5 Å². The first-order valence-electron chi connectivity index (χ1n) is 11.4. The average Bonchev–Trinajstić information content (AvgIpc) is 3.51. The SMILES string of the molecule is CC(=O)Nc1ccn(C(=O)N2CCN(Cc3ccc(Cl)cc3N3CC4COCC4C3)CC2)n1. The van der Waals surface area contributed by atoms with Crippen molar-refractivity contribution in [2.45, 2.75) is 13.5 Å². The molecule has 3 fully saturated rings. The van der Waals surface area contributed by atoms with Crippen LogP contribution >= 0.6 is 11.6 Å². The van der Waals surface area contributed by atoms with Crippen LogP contribution < -0.4 is 10.2 Å². The first kappa shape index (κ1) is 22.2. The Morgan fingerprint density at radius 3 is 2.55 bits per heavy atom. The van der Waals surface area contributed by atoms with Gasteiger partial charge in [-0.1, -0.05) is 17.7 Å². The smallest absolute Gasteiger partial charge is 0.344 e. The lowest BCUT2D eigenvalue weighted by Gasteiger charge is -2.35. The molecule has 2 amide bonds. The summed E-state index contributed by atoms with van der Waals surface area (Å²) in [5, 5.41) is 7.50. The minimum absolute atomic E-state index is 0.177. The van der Waals surface area contributed by atoms with Crippen molar-refractivity contribution in [2.24, 2.45) is 11.8 Å². The van der Waals surface area contributed by atoms with E-state index in [9.17, 15) is 9.59 Å². The topological polar surface area (TPSA) is 82.9 Å². The monoisotopic (exact) mass is 472 g/mol. The molecule has 0 aliphatic carbocycles. The second kappa shape index (κ2) is 9.32. The molecule has 176 valence electrons. The minimum Gasteiger partial charge on any atom is -0.381 e. The van der Waals surface area contributed by atoms with Gasteiger partial charge in [-0.25, -0.2) is 4.79 Å². The number of carbonyl (C=O) groups is 2. The number of rotatable bonds is 4. The Bertz CT molecular complexity index is 1020. The Morgan fingerprint density at radius 1 is 1.12 bits per heavy atom. The lowest BCUT2D eigenvalue weighted by atomic mass is 10.0. The number of hydrogen-bond donors (Lipinski definition) is 1. The van der Waals surface area contributed by atoms with Crippen LogP contribution in [-0.4, -0.2) is 84.0 Å². The van der Waals surface area contributed by atoms with Crippen LogP contribution in [0.2, 0.25) is 5.02 Å². The van der Waals surface area contributed by atoms with Gasteiger partial charge in [-0.15, -0.1) is 5.10 Å². The van der Waals surface area contributed by atoms with Crippen molar-refractivity contribution < 1.29 is 14.3 Å². The molecule has 3 aliphatic rings. The van der Waals surface area contributed by atoms with Gasteiger partial charge in [0, 0.05) is 87.5 Å². The summed E-state index contributed by atoms with van der Waals surface area (Å²) in [6.45, 7) is 8.81. The highest BCUT2D eigenvalue weighted by Crippen LogP contribution is 2.35. The van der Waals surface area contributed by atoms with Gasteiger partial charge in [-0.2, -0.15) is 4.68 Å². The Balaban J connectivity index is 1.20. The highest BCUT2D eigenvalue weighted by atomic mass is 35.5. The zero-order chi connectivity index (χ0) is 22.9. The quantitative estimate of drug-likeness (QED) is 0.735. The molecule has 2 aromatic rings. The van der Waals surface area contributed by atoms with Gasteiger partial charge in [0.05, 0.1) is 13.2 Å². The van der Waals surface area contributed by atoms with Crippen LogP contribution in [0.5, 0.6) is 0 Å². The lowest BCUT2D eigenvalue weighted by molar-refractivity contribution is -0.114. The maximum absolute atomic E-state index is 12.8. The van der Waals surface area contributed by atoms with Crippen molar-refractivity contribution in [3.63, 3.8) is 0 Å². The molecule has 1 N–H and O–H groups in total. The second-order valence-electron chi connectivity index (χ2n) is 9.11. The van der Waals surface area contributed by atoms with Gasteiger partial charge < -0.3 is 19.9 Å². The van der Waals surface area contributed by atoms with E-state index >= 15 is 0 Å². The van der Waals surface area contributed by atoms with E-state index in [1.54, 1.807) is 17.2 Å². The van der Waals surface area contributed by atoms with Crippen molar-refractivity contribution in [1.29, 1.82) is 0 Å². The maximum Gasteiger partial charge on any atom is 0.344 e. The van der Waals surface area contributed by atoms with Gasteiger partial charge in [0.2, 0.25) is 5.91 Å². The summed E-state index contributed by atoms with van der Waals surface area (Å²) in [6.07, 6.45) is 1.58. The van der Waals surface area contributed by atoms with E-state index in [0.29, 0.717) is 30.7 Å². The molecule has 10 heteroatoms. The third-order valence-electron chi connectivity index (χ3n) is 6.75. The number of anilines is 2. The minimum atomic E-state index is -0.214. The number of carbonyl (C=O) groups excluding carboxylic acids is 2. The molecule has 4 heterocycles. The largest absolute Gasteiger partial charge is 0.381 e. The standard InChI is InChI=1S/C23H29ClN6O3/c1-16(31)25-22-4-5-30(26-22)23(32)28-8-6-27(7-9-28)11-17-2-3-20(24)10-21(17)29-12-18-14-33-15-19(18)13-29/h2-5,10,18-19H,6-9,11-15H2,1H3,(H,25,26,31). The van der Waals surface area contributed by atoms with Gasteiger partial charge in [-0.3, -0.25) is 9.69 Å². The molecule has 2 atom stereocenters. The number of nitrogens with zero attached hydrogens (tertiary/aromatic N) is 5. The molecule has 1 aromatic heterocycles. The molecule has 3 saturated heterocycles. The van der Waals surface area contributed by atoms with Gasteiger partial charge >= 0.3 is 6.03 Å². The van der Waals surface area contributed by atoms with E-state index in [4.69, 9.17) is 16.3 Å². The van der Waals surface area contributed by atoms with E-state index in [1.165, 1.54) is 22.9 Å². The lowest BCUT2D eigenvalue weighted by Crippen LogP contribution is -2.49. The van der Waals surface area contributed by atoms with Crippen LogP contribution in [-0.2, 0) is 16.1 Å². The zero-order valence-corrected chi connectivity index (χ0v) is 19.5. The first-order valence-corrected chi connectivity index (χ1v) is 11.8. The summed E-state index contributed by atoms with van der Waals surface area (Å²) in [5.74, 6) is 1.38. The molecule has 2 unspecified atom stereocenters. The Morgan fingerprint density at radius 2 is 1.85 bits per heavy atom. The molecule has 0 radical (unpaired) electrons. The normalized spacial score (nSPS) is 23.1. The number of piperazine rings is 1. The predicted octanol–water partition coefficient (Wildman–Crippen LogP) is 2.36. The summed E-state index contributed by atoms with van der Waals surface area (Å²) in [5.41, 5.74) is 2.49. The molecule has 33 heavy (non-hydrogen) atoms. The van der Waals surface area contributed by atoms with Crippen molar-refractivity contribution in [3.05, 3.63) is 41.0 Å². The van der Waals surface area contributed by atoms with Crippen LogP contribution in [0.3, 0.4) is 0 Å². The van der Waals surface area contributed by atoms with Gasteiger partial charge in [0.15, 0.2) is 5.82 Å². The molecule has 3 aliphatic heterocycles. The Kier molecular flexibility index (Phi) is 6.27. The molecule has 0 saturated carbocycles. The molecular formula is C23H29ClN6O3. The third-order valence-corrected chi connectivity index (χ3v) is 6.99. The van der Waals surface area contributed by atoms with Crippen molar-refractivity contribution in [1.82, 2.24) is 19.6 Å². The van der Waals surface area contributed by atoms with E-state index in [1.807, 2.05) is 6.07 Å². The summed E-state index contributed by atoms with van der Waals surface area (Å²) < 4.78 is 6.92. The fraction of sp³-hybridized carbons (Fsp3) is 0.522. The summed E-state index contributed by atoms with van der Waals surface area (Å²) >= 11 is 6.36. The number of hydrogen-bond acceptors (Lipinski definition) is 6. The number of halogens is 1. The highest BCUT2D eigenvalue weighted by Gasteiger charge is 2.38. The number of aromatic nitrogens is 2. The Hall–Kier alpha value is -2.62. The van der Waals surface area contributed by atoms with Crippen LogP contribution in [0.25, 0.3) is 0 Å². The molecule has 1 aromatic carbocycles. The van der Waals surface area contributed by atoms with Crippen molar-refractivity contribution >= 4 is 35.0 Å². The van der Waals surface area contributed by atoms with Gasteiger partial charge in [0.25, 0.3) is 0 Å². The number of benzene rings is 1. The second-order valence-corrected chi connectivity index (χ2v) is 9.54. The van der Waals surface area contributed by atoms with E-state index in [0.717, 1.165) is 51.0 Å². The molecular weight excluding hydrogens is 444 g/mol. The number of ether oxygens (including phenoxy) is 1. The first-order chi connectivity index (χ1) is 16.0. The zero-order valence-electron chi connectivity index (χ0n) is 18.7. The number of fused-ring (bicyclic) bond motifs is 1. The highest BCUT2D eigenvalue weighted by molar-refractivity contribution is 6.30. The fourth-order valence-electron chi connectivity index (χ4n) is 5.01. The molecule has 9 nitrogen and oxygen atoms in total. The van der Waals surface area contributed by atoms with Crippen molar-refractivity contribution in [2.75, 3.05) is 62.7 Å². The van der Waals surface area contributed by atoms with Crippen LogP contribution in [0.4, 0.5) is 16.3 Å². The fourth-order valence-corrected chi connectivity index (χ4v) is 5.18. The van der Waals surface area contributed by atoms with Gasteiger partial charge in [-0.05, 0) is 17.7 Å². The number of amides is 2. The Labute approximate surface area is 198 Å². The summed E-state index contributed by atoms with van der Waals surface area (Å²) in [6, 6.07) is 7.63. The molecule has 0 bridgehead atoms. The van der Waals surface area contributed by atoms with E-state index < -0.39 is 0 Å². The van der Waals surface area contributed by atoms with Crippen molar-refractivity contribution in [3.8, 4) is 0 Å². The van der Waals surface area contributed by atoms with Crippen LogP contribution in [0.1, 0.15) is 12.5 Å². The summed E-state index contributed by atoms with van der Waals surface area (Å²) in [7, 11) is 0. The molecule has 5 rings (SSSR count). The van der Waals surface area contributed by atoms with E-state index in [2.05, 4.69) is 32.3 Å². The van der Waals surface area contributed by atoms with E-state index in [-0.39, 0.29) is 11.9 Å². The number of nitrogens with one attached hydrogen (secondary N) is 1. The third kappa shape index (κ3) is 4.85. The predicted molar refractivity (Wildman–Crippen MR) is 126 cm³/mol. The van der Waals surface area contributed by atoms with Crippen LogP contribution in [0, 0.1) is 11.8 Å². The van der Waals surface area contributed by atoms with Gasteiger partial charge in [0.1, 0.15) is 0 Å². The summed E-state index contributed by atoms with van der Waals surface area (Å²) in [4.78, 5) is 30.6. The molecule has 0 spiro atoms. The maximum atomic E-state index is 12.8.